The molecule has 0 rings (SSSR count). The van der Waals surface area contributed by atoms with Gasteiger partial charge in [0, 0.05) is 0 Å². The average Bonchev–Trinajstić information content (AvgIpc) is 2.26. The first-order valence-electron chi connectivity index (χ1n) is 6.44. The van der Waals surface area contributed by atoms with Gasteiger partial charge in [0.1, 0.15) is 0 Å². The van der Waals surface area contributed by atoms with Crippen molar-refractivity contribution in [3.8, 4) is 0 Å². The topological polar surface area (TPSA) is 0 Å². The van der Waals surface area contributed by atoms with Crippen molar-refractivity contribution < 1.29 is 0 Å². The molecule has 0 aliphatic heterocycles. The molecule has 0 N–H and O–H groups in total. The van der Waals surface area contributed by atoms with Crippen molar-refractivity contribution in [2.45, 2.75) is 59.3 Å². The molecular formula is C15H28. The van der Waals surface area contributed by atoms with Crippen molar-refractivity contribution in [1.29, 1.82) is 0 Å². The van der Waals surface area contributed by atoms with Crippen LogP contribution in [0.4, 0.5) is 0 Å². The van der Waals surface area contributed by atoms with Gasteiger partial charge in [-0.25, -0.2) is 0 Å². The highest BCUT2D eigenvalue weighted by Crippen LogP contribution is 2.22. The second-order valence-corrected chi connectivity index (χ2v) is 4.66. The number of allylic oxidation sites excluding steroid dienone is 2. The summed E-state index contributed by atoms with van der Waals surface area (Å²) in [4.78, 5) is 0. The Kier molecular flexibility index (Phi) is 8.46. The number of hydrogen-bond acceptors (Lipinski definition) is 0. The summed E-state index contributed by atoms with van der Waals surface area (Å²) in [5.74, 6) is 1.54. The van der Waals surface area contributed by atoms with Crippen molar-refractivity contribution in [2.24, 2.45) is 11.8 Å². The third kappa shape index (κ3) is 6.54. The standard InChI is InChI=1S/C15H28/c1-6-10-15(8-3)12-9-11-14(5)13(4)7-2/h6,13,15H,1,5,7-12H2,2-4H3. The summed E-state index contributed by atoms with van der Waals surface area (Å²) in [6.07, 6.45) is 9.57. The van der Waals surface area contributed by atoms with Gasteiger partial charge in [-0.2, -0.15) is 0 Å². The summed E-state index contributed by atoms with van der Waals surface area (Å²) >= 11 is 0. The van der Waals surface area contributed by atoms with Crippen LogP contribution in [-0.2, 0) is 0 Å². The highest BCUT2D eigenvalue weighted by molar-refractivity contribution is 4.98. The SMILES string of the molecule is C=CCC(CC)CCCC(=C)C(C)CC. The molecule has 0 heterocycles. The zero-order chi connectivity index (χ0) is 11.7. The van der Waals surface area contributed by atoms with Crippen molar-refractivity contribution in [2.75, 3.05) is 0 Å². The Hall–Kier alpha value is -0.520. The molecule has 0 amide bonds. The molecule has 0 saturated heterocycles. The summed E-state index contributed by atoms with van der Waals surface area (Å²) in [5, 5.41) is 0. The van der Waals surface area contributed by atoms with Crippen molar-refractivity contribution >= 4 is 0 Å². The van der Waals surface area contributed by atoms with Crippen LogP contribution in [0.2, 0.25) is 0 Å². The van der Waals surface area contributed by atoms with Gasteiger partial charge >= 0.3 is 0 Å². The van der Waals surface area contributed by atoms with Gasteiger partial charge in [0.15, 0.2) is 0 Å². The van der Waals surface area contributed by atoms with Gasteiger partial charge in [-0.1, -0.05) is 45.4 Å². The monoisotopic (exact) mass is 208 g/mol. The molecular weight excluding hydrogens is 180 g/mol. The van der Waals surface area contributed by atoms with E-state index in [1.54, 1.807) is 0 Å². The molecule has 2 atom stereocenters. The van der Waals surface area contributed by atoms with Gasteiger partial charge in [-0.3, -0.25) is 0 Å². The maximum Gasteiger partial charge on any atom is -0.0237 e. The largest absolute Gasteiger partial charge is 0.103 e. The Labute approximate surface area is 96.5 Å². The Morgan fingerprint density at radius 1 is 1.27 bits per heavy atom. The van der Waals surface area contributed by atoms with E-state index in [2.05, 4.69) is 40.0 Å². The van der Waals surface area contributed by atoms with Crippen molar-refractivity contribution in [3.63, 3.8) is 0 Å². The lowest BCUT2D eigenvalue weighted by Gasteiger charge is -2.15. The quantitative estimate of drug-likeness (QED) is 0.447. The predicted molar refractivity (Wildman–Crippen MR) is 71.0 cm³/mol. The molecule has 0 spiro atoms. The molecule has 0 aromatic carbocycles. The molecule has 0 heteroatoms. The molecule has 0 saturated carbocycles. The maximum atomic E-state index is 4.17. The summed E-state index contributed by atoms with van der Waals surface area (Å²) < 4.78 is 0. The van der Waals surface area contributed by atoms with E-state index in [4.69, 9.17) is 0 Å². The second-order valence-electron chi connectivity index (χ2n) is 4.66. The fraction of sp³-hybridized carbons (Fsp3) is 0.733. The lowest BCUT2D eigenvalue weighted by Crippen LogP contribution is -2.00. The Morgan fingerprint density at radius 2 is 1.93 bits per heavy atom. The minimum Gasteiger partial charge on any atom is -0.103 e. The van der Waals surface area contributed by atoms with E-state index < -0.39 is 0 Å². The van der Waals surface area contributed by atoms with E-state index >= 15 is 0 Å². The predicted octanol–water partition coefficient (Wildman–Crippen LogP) is 5.36. The van der Waals surface area contributed by atoms with Crippen LogP contribution in [0.15, 0.2) is 24.8 Å². The molecule has 0 fully saturated rings. The van der Waals surface area contributed by atoms with Gasteiger partial charge in [-0.05, 0) is 43.9 Å². The van der Waals surface area contributed by atoms with Crippen LogP contribution in [0, 0.1) is 11.8 Å². The van der Waals surface area contributed by atoms with Crippen LogP contribution in [0.3, 0.4) is 0 Å². The van der Waals surface area contributed by atoms with Gasteiger partial charge in [0.2, 0.25) is 0 Å². The lowest BCUT2D eigenvalue weighted by atomic mass is 9.91. The first-order chi connectivity index (χ1) is 7.15. The van der Waals surface area contributed by atoms with Gasteiger partial charge in [0.25, 0.3) is 0 Å². The first kappa shape index (κ1) is 14.5. The third-order valence-corrected chi connectivity index (χ3v) is 3.50. The molecule has 0 aromatic heterocycles. The minimum absolute atomic E-state index is 0.699. The zero-order valence-corrected chi connectivity index (χ0v) is 10.9. The number of rotatable bonds is 9. The van der Waals surface area contributed by atoms with E-state index in [0.717, 1.165) is 5.92 Å². The van der Waals surface area contributed by atoms with Crippen LogP contribution in [0.5, 0.6) is 0 Å². The number of hydrogen-bond donors (Lipinski definition) is 0. The minimum atomic E-state index is 0.699. The van der Waals surface area contributed by atoms with Gasteiger partial charge < -0.3 is 0 Å². The van der Waals surface area contributed by atoms with Crippen LogP contribution in [-0.4, -0.2) is 0 Å². The van der Waals surface area contributed by atoms with Crippen LogP contribution in [0.25, 0.3) is 0 Å². The first-order valence-corrected chi connectivity index (χ1v) is 6.44. The summed E-state index contributed by atoms with van der Waals surface area (Å²) in [7, 11) is 0. The molecule has 0 aliphatic carbocycles. The average molecular weight is 208 g/mol. The molecule has 88 valence electrons. The van der Waals surface area contributed by atoms with E-state index in [1.165, 1.54) is 44.1 Å². The highest BCUT2D eigenvalue weighted by Gasteiger charge is 2.07. The Balaban J connectivity index is 3.67. The van der Waals surface area contributed by atoms with Crippen LogP contribution >= 0.6 is 0 Å². The van der Waals surface area contributed by atoms with Crippen LogP contribution in [0.1, 0.15) is 59.3 Å². The molecule has 0 aromatic rings. The van der Waals surface area contributed by atoms with Crippen molar-refractivity contribution in [3.05, 3.63) is 24.8 Å². The molecule has 0 nitrogen and oxygen atoms in total. The second kappa shape index (κ2) is 8.76. The molecule has 15 heavy (non-hydrogen) atoms. The zero-order valence-electron chi connectivity index (χ0n) is 10.9. The fourth-order valence-electron chi connectivity index (χ4n) is 1.88. The molecule has 0 bridgehead atoms. The van der Waals surface area contributed by atoms with E-state index in [-0.39, 0.29) is 0 Å². The van der Waals surface area contributed by atoms with Gasteiger partial charge in [-0.15, -0.1) is 6.58 Å². The van der Waals surface area contributed by atoms with Crippen molar-refractivity contribution in [1.82, 2.24) is 0 Å². The molecule has 2 unspecified atom stereocenters. The molecule has 0 radical (unpaired) electrons. The maximum absolute atomic E-state index is 4.17. The summed E-state index contributed by atoms with van der Waals surface area (Å²) in [6, 6.07) is 0. The Bertz CT molecular complexity index is 178. The normalized spacial score (nSPS) is 14.6. The molecule has 0 aliphatic rings. The Morgan fingerprint density at radius 3 is 2.40 bits per heavy atom. The van der Waals surface area contributed by atoms with Crippen LogP contribution < -0.4 is 0 Å². The van der Waals surface area contributed by atoms with Gasteiger partial charge in [0.05, 0.1) is 0 Å². The van der Waals surface area contributed by atoms with E-state index in [1.807, 2.05) is 0 Å². The highest BCUT2D eigenvalue weighted by atomic mass is 14.1. The smallest absolute Gasteiger partial charge is 0.0237 e. The fourth-order valence-corrected chi connectivity index (χ4v) is 1.88. The van der Waals surface area contributed by atoms with E-state index in [9.17, 15) is 0 Å². The van der Waals surface area contributed by atoms with E-state index in [0.29, 0.717) is 5.92 Å². The summed E-state index contributed by atoms with van der Waals surface area (Å²) in [6.45, 7) is 14.8. The lowest BCUT2D eigenvalue weighted by molar-refractivity contribution is 0.453. The third-order valence-electron chi connectivity index (χ3n) is 3.50. The summed E-state index contributed by atoms with van der Waals surface area (Å²) in [5.41, 5.74) is 1.44.